The molecule has 2 unspecified atom stereocenters. The molecule has 1 aromatic rings. The van der Waals surface area contributed by atoms with Crippen LogP contribution < -0.4 is 10.2 Å². The number of anilines is 1. The molecule has 1 aliphatic heterocycles. The van der Waals surface area contributed by atoms with E-state index < -0.39 is 0 Å². The van der Waals surface area contributed by atoms with E-state index in [2.05, 4.69) is 31.0 Å². The summed E-state index contributed by atoms with van der Waals surface area (Å²) in [5.74, 6) is 1.56. The number of rotatable bonds is 5. The van der Waals surface area contributed by atoms with Crippen molar-refractivity contribution in [3.8, 4) is 0 Å². The summed E-state index contributed by atoms with van der Waals surface area (Å²) in [7, 11) is 0. The molecule has 0 aromatic carbocycles. The Balaban J connectivity index is 1.81. The number of nitrogens with one attached hydrogen (secondary N) is 1. The minimum absolute atomic E-state index is 0.653. The lowest BCUT2D eigenvalue weighted by Crippen LogP contribution is -2.26. The van der Waals surface area contributed by atoms with E-state index in [0.717, 1.165) is 24.9 Å². The molecule has 0 amide bonds. The fourth-order valence-electron chi connectivity index (χ4n) is 3.08. The van der Waals surface area contributed by atoms with Crippen LogP contribution in [-0.2, 0) is 6.54 Å². The summed E-state index contributed by atoms with van der Waals surface area (Å²) in [6.45, 7) is 10.1. The average molecular weight is 279 g/mol. The quantitative estimate of drug-likeness (QED) is 0.896. The van der Waals surface area contributed by atoms with Gasteiger partial charge in [-0.15, -0.1) is 11.3 Å². The van der Waals surface area contributed by atoms with Crippen molar-refractivity contribution >= 4 is 16.5 Å². The first kappa shape index (κ1) is 13.4. The molecule has 1 aromatic heterocycles. The summed E-state index contributed by atoms with van der Waals surface area (Å²) in [6.07, 6.45) is 3.99. The lowest BCUT2D eigenvalue weighted by molar-refractivity contribution is 0.625. The highest BCUT2D eigenvalue weighted by molar-refractivity contribution is 7.15. The zero-order valence-electron chi connectivity index (χ0n) is 12.3. The molecule has 3 rings (SSSR count). The summed E-state index contributed by atoms with van der Waals surface area (Å²) in [5.41, 5.74) is 1.40. The number of aromatic nitrogens is 1. The second-order valence-corrected chi connectivity index (χ2v) is 7.26. The van der Waals surface area contributed by atoms with Crippen LogP contribution in [0, 0.1) is 5.92 Å². The highest BCUT2D eigenvalue weighted by atomic mass is 32.1. The van der Waals surface area contributed by atoms with Crippen molar-refractivity contribution in [2.75, 3.05) is 18.0 Å². The smallest absolute Gasteiger partial charge is 0.186 e. The van der Waals surface area contributed by atoms with Crippen molar-refractivity contribution < 1.29 is 0 Å². The van der Waals surface area contributed by atoms with E-state index in [1.807, 2.05) is 11.3 Å². The maximum atomic E-state index is 5.00. The van der Waals surface area contributed by atoms with Crippen molar-refractivity contribution in [2.24, 2.45) is 5.92 Å². The topological polar surface area (TPSA) is 28.2 Å². The van der Waals surface area contributed by atoms with Gasteiger partial charge in [0.05, 0.1) is 5.69 Å². The molecule has 3 nitrogen and oxygen atoms in total. The van der Waals surface area contributed by atoms with Crippen LogP contribution in [0.4, 0.5) is 5.13 Å². The summed E-state index contributed by atoms with van der Waals surface area (Å²) in [6, 6.07) is 0.653. The number of hydrogen-bond donors (Lipinski definition) is 1. The van der Waals surface area contributed by atoms with Gasteiger partial charge >= 0.3 is 0 Å². The second kappa shape index (κ2) is 5.41. The van der Waals surface area contributed by atoms with Gasteiger partial charge in [0.2, 0.25) is 0 Å². The van der Waals surface area contributed by atoms with Crippen LogP contribution in [0.3, 0.4) is 0 Å². The second-order valence-electron chi connectivity index (χ2n) is 6.20. The molecule has 2 atom stereocenters. The summed E-state index contributed by atoms with van der Waals surface area (Å²) in [4.78, 5) is 9.00. The summed E-state index contributed by atoms with van der Waals surface area (Å²) >= 11 is 1.92. The first-order chi connectivity index (χ1) is 9.19. The zero-order valence-corrected chi connectivity index (χ0v) is 13.1. The van der Waals surface area contributed by atoms with Crippen LogP contribution in [0.5, 0.6) is 0 Å². The molecule has 106 valence electrons. The maximum Gasteiger partial charge on any atom is 0.186 e. The Morgan fingerprint density at radius 1 is 1.37 bits per heavy atom. The lowest BCUT2D eigenvalue weighted by atomic mass is 10.1. The SMILES string of the molecule is CCNCc1sc(N2CC(C)CC2C)nc1C1CC1. The molecule has 2 fully saturated rings. The van der Waals surface area contributed by atoms with Gasteiger partial charge in [-0.25, -0.2) is 4.98 Å². The summed E-state index contributed by atoms with van der Waals surface area (Å²) < 4.78 is 0. The van der Waals surface area contributed by atoms with Crippen molar-refractivity contribution in [1.82, 2.24) is 10.3 Å². The Morgan fingerprint density at radius 3 is 2.74 bits per heavy atom. The van der Waals surface area contributed by atoms with Gasteiger partial charge in [0.1, 0.15) is 0 Å². The molecule has 2 aliphatic rings. The Hall–Kier alpha value is -0.610. The third kappa shape index (κ3) is 2.79. The highest BCUT2D eigenvalue weighted by Crippen LogP contribution is 2.45. The first-order valence-corrected chi connectivity index (χ1v) is 8.47. The normalized spacial score (nSPS) is 27.2. The van der Waals surface area contributed by atoms with E-state index in [-0.39, 0.29) is 0 Å². The Bertz CT molecular complexity index is 439. The third-order valence-corrected chi connectivity index (χ3v) is 5.35. The molecule has 4 heteroatoms. The molecule has 0 bridgehead atoms. The molecule has 19 heavy (non-hydrogen) atoms. The van der Waals surface area contributed by atoms with Crippen LogP contribution in [-0.4, -0.2) is 24.1 Å². The largest absolute Gasteiger partial charge is 0.345 e. The van der Waals surface area contributed by atoms with E-state index in [1.165, 1.54) is 41.5 Å². The average Bonchev–Trinajstić information content (AvgIpc) is 3.05. The molecular weight excluding hydrogens is 254 g/mol. The van der Waals surface area contributed by atoms with Gasteiger partial charge in [-0.1, -0.05) is 13.8 Å². The minimum Gasteiger partial charge on any atom is -0.345 e. The van der Waals surface area contributed by atoms with Crippen LogP contribution in [0.2, 0.25) is 0 Å². The van der Waals surface area contributed by atoms with Crippen molar-refractivity contribution in [1.29, 1.82) is 0 Å². The fourth-order valence-corrected chi connectivity index (χ4v) is 4.31. The third-order valence-electron chi connectivity index (χ3n) is 4.25. The lowest BCUT2D eigenvalue weighted by Gasteiger charge is -2.20. The predicted octanol–water partition coefficient (Wildman–Crippen LogP) is 3.36. The van der Waals surface area contributed by atoms with Crippen LogP contribution in [0.15, 0.2) is 0 Å². The van der Waals surface area contributed by atoms with Crippen molar-refractivity contribution in [3.63, 3.8) is 0 Å². The maximum absolute atomic E-state index is 5.00. The Kier molecular flexibility index (Phi) is 3.81. The molecule has 0 spiro atoms. The minimum atomic E-state index is 0.653. The van der Waals surface area contributed by atoms with E-state index in [4.69, 9.17) is 4.98 Å². The number of hydrogen-bond acceptors (Lipinski definition) is 4. The van der Waals surface area contributed by atoms with E-state index in [0.29, 0.717) is 6.04 Å². The van der Waals surface area contributed by atoms with Crippen molar-refractivity contribution in [3.05, 3.63) is 10.6 Å². The van der Waals surface area contributed by atoms with Gasteiger partial charge in [-0.2, -0.15) is 0 Å². The first-order valence-electron chi connectivity index (χ1n) is 7.66. The molecule has 1 saturated carbocycles. The number of nitrogens with zero attached hydrogens (tertiary/aromatic N) is 2. The van der Waals surface area contributed by atoms with E-state index >= 15 is 0 Å². The van der Waals surface area contributed by atoms with Gasteiger partial charge in [0.15, 0.2) is 5.13 Å². The van der Waals surface area contributed by atoms with E-state index in [9.17, 15) is 0 Å². The van der Waals surface area contributed by atoms with Gasteiger partial charge < -0.3 is 10.2 Å². The molecule has 1 N–H and O–H groups in total. The fraction of sp³-hybridized carbons (Fsp3) is 0.800. The molecule has 1 aliphatic carbocycles. The van der Waals surface area contributed by atoms with Crippen LogP contribution in [0.1, 0.15) is 56.5 Å². The molecular formula is C15H25N3S. The molecule has 0 radical (unpaired) electrons. The molecule has 2 heterocycles. The highest BCUT2D eigenvalue weighted by Gasteiger charge is 2.33. The molecule has 1 saturated heterocycles. The van der Waals surface area contributed by atoms with Gasteiger partial charge in [0.25, 0.3) is 0 Å². The van der Waals surface area contributed by atoms with Crippen LogP contribution in [0.25, 0.3) is 0 Å². The van der Waals surface area contributed by atoms with Crippen LogP contribution >= 0.6 is 11.3 Å². The van der Waals surface area contributed by atoms with E-state index in [1.54, 1.807) is 0 Å². The van der Waals surface area contributed by atoms with Gasteiger partial charge in [-0.05, 0) is 38.6 Å². The monoisotopic (exact) mass is 279 g/mol. The zero-order chi connectivity index (χ0) is 13.4. The standard InChI is InChI=1S/C15H25N3S/c1-4-16-8-13-14(12-5-6-12)17-15(19-13)18-9-10(2)7-11(18)3/h10-12,16H,4-9H2,1-3H3. The summed E-state index contributed by atoms with van der Waals surface area (Å²) in [5, 5.41) is 4.73. The predicted molar refractivity (Wildman–Crippen MR) is 82.1 cm³/mol. The Labute approximate surface area is 120 Å². The number of thiazole rings is 1. The Morgan fingerprint density at radius 2 is 2.16 bits per heavy atom. The van der Waals surface area contributed by atoms with Gasteiger partial charge in [0, 0.05) is 29.9 Å². The van der Waals surface area contributed by atoms with Crippen molar-refractivity contribution in [2.45, 2.75) is 58.5 Å². The van der Waals surface area contributed by atoms with Gasteiger partial charge in [-0.3, -0.25) is 0 Å².